The smallest absolute Gasteiger partial charge is 0.318 e. The number of nitrogens with zero attached hydrogens (tertiary/aromatic N) is 3. The molecule has 5 nitrogen and oxygen atoms in total. The molecule has 96 valence electrons. The van der Waals surface area contributed by atoms with Crippen LogP contribution in [0.1, 0.15) is 44.9 Å². The zero-order valence-corrected chi connectivity index (χ0v) is 10.6. The van der Waals surface area contributed by atoms with Gasteiger partial charge in [0.05, 0.1) is 0 Å². The van der Waals surface area contributed by atoms with Gasteiger partial charge in [0.15, 0.2) is 0 Å². The largest absolute Gasteiger partial charge is 0.408 e. The van der Waals surface area contributed by atoms with Crippen molar-refractivity contribution in [2.24, 2.45) is 5.73 Å². The average molecular weight is 238 g/mol. The molecule has 1 fully saturated rings. The molecule has 1 aliphatic heterocycles. The van der Waals surface area contributed by atoms with E-state index in [0.29, 0.717) is 30.9 Å². The van der Waals surface area contributed by atoms with E-state index in [2.05, 4.69) is 22.0 Å². The Labute approximate surface area is 102 Å². The van der Waals surface area contributed by atoms with Gasteiger partial charge >= 0.3 is 6.01 Å². The summed E-state index contributed by atoms with van der Waals surface area (Å²) in [6.45, 7) is 3.81. The number of anilines is 1. The Kier molecular flexibility index (Phi) is 4.36. The molecule has 0 spiro atoms. The lowest BCUT2D eigenvalue weighted by molar-refractivity contribution is 0.391. The number of hydrogen-bond donors (Lipinski definition) is 1. The topological polar surface area (TPSA) is 68.2 Å². The van der Waals surface area contributed by atoms with E-state index in [1.807, 2.05) is 0 Å². The van der Waals surface area contributed by atoms with E-state index in [1.54, 1.807) is 0 Å². The second-order valence-corrected chi connectivity index (χ2v) is 4.65. The molecule has 0 aromatic carbocycles. The Morgan fingerprint density at radius 2 is 2.29 bits per heavy atom. The quantitative estimate of drug-likeness (QED) is 0.846. The SMILES string of the molecule is CCCC1CCCCN1c1nnc(CCN)o1. The van der Waals surface area contributed by atoms with E-state index in [9.17, 15) is 0 Å². The van der Waals surface area contributed by atoms with Crippen molar-refractivity contribution in [3.63, 3.8) is 0 Å². The summed E-state index contributed by atoms with van der Waals surface area (Å²) < 4.78 is 5.66. The van der Waals surface area contributed by atoms with Crippen molar-refractivity contribution in [1.82, 2.24) is 10.2 Å². The van der Waals surface area contributed by atoms with Crippen LogP contribution in [0.15, 0.2) is 4.42 Å². The van der Waals surface area contributed by atoms with Gasteiger partial charge in [-0.15, -0.1) is 5.10 Å². The van der Waals surface area contributed by atoms with Gasteiger partial charge in [0, 0.05) is 25.6 Å². The maximum Gasteiger partial charge on any atom is 0.318 e. The number of aromatic nitrogens is 2. The summed E-state index contributed by atoms with van der Waals surface area (Å²) in [5.41, 5.74) is 5.48. The minimum Gasteiger partial charge on any atom is -0.408 e. The molecular weight excluding hydrogens is 216 g/mol. The van der Waals surface area contributed by atoms with Gasteiger partial charge in [-0.3, -0.25) is 0 Å². The van der Waals surface area contributed by atoms with Gasteiger partial charge in [-0.05, 0) is 25.7 Å². The summed E-state index contributed by atoms with van der Waals surface area (Å²) >= 11 is 0. The first-order valence-electron chi connectivity index (χ1n) is 6.64. The van der Waals surface area contributed by atoms with Crippen LogP contribution in [0, 0.1) is 0 Å². The lowest BCUT2D eigenvalue weighted by Gasteiger charge is -2.34. The lowest BCUT2D eigenvalue weighted by atomic mass is 9.99. The maximum absolute atomic E-state index is 5.66. The molecule has 2 rings (SSSR count). The molecule has 0 radical (unpaired) electrons. The van der Waals surface area contributed by atoms with Crippen LogP contribution in [0.25, 0.3) is 0 Å². The molecular formula is C12H22N4O. The van der Waals surface area contributed by atoms with Crippen LogP contribution >= 0.6 is 0 Å². The molecule has 2 N–H and O–H groups in total. The Bertz CT molecular complexity index is 337. The van der Waals surface area contributed by atoms with Gasteiger partial charge in [0.25, 0.3) is 0 Å². The molecule has 0 amide bonds. The van der Waals surface area contributed by atoms with E-state index in [0.717, 1.165) is 6.54 Å². The first-order valence-corrected chi connectivity index (χ1v) is 6.64. The van der Waals surface area contributed by atoms with Crippen LogP contribution in [-0.2, 0) is 6.42 Å². The van der Waals surface area contributed by atoms with Crippen LogP contribution < -0.4 is 10.6 Å². The van der Waals surface area contributed by atoms with Crippen LogP contribution in [0.2, 0.25) is 0 Å². The van der Waals surface area contributed by atoms with Gasteiger partial charge in [0.1, 0.15) is 0 Å². The minimum absolute atomic E-state index is 0.556. The third-order valence-corrected chi connectivity index (χ3v) is 3.31. The zero-order valence-electron chi connectivity index (χ0n) is 10.6. The van der Waals surface area contributed by atoms with Crippen LogP contribution in [0.4, 0.5) is 6.01 Å². The van der Waals surface area contributed by atoms with Crippen molar-refractivity contribution in [2.75, 3.05) is 18.0 Å². The molecule has 2 heterocycles. The number of hydrogen-bond acceptors (Lipinski definition) is 5. The predicted octanol–water partition coefficient (Wildman–Crippen LogP) is 1.73. The highest BCUT2D eigenvalue weighted by Gasteiger charge is 2.25. The van der Waals surface area contributed by atoms with Crippen molar-refractivity contribution < 1.29 is 4.42 Å². The standard InChI is InChI=1S/C12H22N4O/c1-2-5-10-6-3-4-9-16(10)12-15-14-11(17-12)7-8-13/h10H,2-9,13H2,1H3. The van der Waals surface area contributed by atoms with Crippen molar-refractivity contribution in [2.45, 2.75) is 51.5 Å². The van der Waals surface area contributed by atoms with E-state index in [1.165, 1.54) is 32.1 Å². The number of nitrogens with two attached hydrogens (primary N) is 1. The van der Waals surface area contributed by atoms with Crippen LogP contribution in [0.3, 0.4) is 0 Å². The molecule has 0 saturated carbocycles. The zero-order chi connectivity index (χ0) is 12.1. The van der Waals surface area contributed by atoms with Gasteiger partial charge in [-0.1, -0.05) is 18.4 Å². The maximum atomic E-state index is 5.66. The first kappa shape index (κ1) is 12.4. The molecule has 1 atom stereocenters. The van der Waals surface area contributed by atoms with E-state index >= 15 is 0 Å². The lowest BCUT2D eigenvalue weighted by Crippen LogP contribution is -2.39. The summed E-state index contributed by atoms with van der Waals surface area (Å²) in [6, 6.07) is 1.26. The normalized spacial score (nSPS) is 20.8. The third-order valence-electron chi connectivity index (χ3n) is 3.31. The van der Waals surface area contributed by atoms with Gasteiger partial charge in [0.2, 0.25) is 5.89 Å². The van der Waals surface area contributed by atoms with Crippen molar-refractivity contribution >= 4 is 6.01 Å². The minimum atomic E-state index is 0.556. The molecule has 0 bridgehead atoms. The molecule has 5 heteroatoms. The third kappa shape index (κ3) is 2.97. The molecule has 1 saturated heterocycles. The van der Waals surface area contributed by atoms with Gasteiger partial charge in [-0.25, -0.2) is 0 Å². The second-order valence-electron chi connectivity index (χ2n) is 4.65. The number of piperidine rings is 1. The van der Waals surface area contributed by atoms with E-state index in [4.69, 9.17) is 10.2 Å². The molecule has 17 heavy (non-hydrogen) atoms. The molecule has 1 aliphatic rings. The summed E-state index contributed by atoms with van der Waals surface area (Å²) in [5.74, 6) is 0.656. The van der Waals surface area contributed by atoms with Gasteiger partial charge in [-0.2, -0.15) is 0 Å². The number of rotatable bonds is 5. The van der Waals surface area contributed by atoms with Crippen LogP contribution in [0.5, 0.6) is 0 Å². The fourth-order valence-corrected chi connectivity index (χ4v) is 2.47. The van der Waals surface area contributed by atoms with Crippen molar-refractivity contribution in [1.29, 1.82) is 0 Å². The Hall–Kier alpha value is -1.10. The van der Waals surface area contributed by atoms with Crippen molar-refractivity contribution in [3.8, 4) is 0 Å². The Morgan fingerprint density at radius 1 is 1.41 bits per heavy atom. The fourth-order valence-electron chi connectivity index (χ4n) is 2.47. The van der Waals surface area contributed by atoms with Crippen molar-refractivity contribution in [3.05, 3.63) is 5.89 Å². The predicted molar refractivity (Wildman–Crippen MR) is 66.9 cm³/mol. The summed E-state index contributed by atoms with van der Waals surface area (Å²) in [6.07, 6.45) is 6.83. The van der Waals surface area contributed by atoms with E-state index in [-0.39, 0.29) is 0 Å². The van der Waals surface area contributed by atoms with Gasteiger partial charge < -0.3 is 15.1 Å². The highest BCUT2D eigenvalue weighted by atomic mass is 16.4. The first-order chi connectivity index (χ1) is 8.35. The average Bonchev–Trinajstić information content (AvgIpc) is 2.79. The highest BCUT2D eigenvalue weighted by molar-refractivity contribution is 5.27. The monoisotopic (exact) mass is 238 g/mol. The highest BCUT2D eigenvalue weighted by Crippen LogP contribution is 2.26. The molecule has 0 aliphatic carbocycles. The second kappa shape index (κ2) is 6.00. The summed E-state index contributed by atoms with van der Waals surface area (Å²) in [4.78, 5) is 2.28. The molecule has 1 aromatic rings. The summed E-state index contributed by atoms with van der Waals surface area (Å²) in [5, 5.41) is 8.18. The molecule has 1 unspecified atom stereocenters. The molecule has 1 aromatic heterocycles. The van der Waals surface area contributed by atoms with E-state index < -0.39 is 0 Å². The summed E-state index contributed by atoms with van der Waals surface area (Å²) in [7, 11) is 0. The Morgan fingerprint density at radius 3 is 3.06 bits per heavy atom. The fraction of sp³-hybridized carbons (Fsp3) is 0.833. The Balaban J connectivity index is 2.06. The van der Waals surface area contributed by atoms with Crippen LogP contribution in [-0.4, -0.2) is 29.3 Å².